The van der Waals surface area contributed by atoms with Crippen LogP contribution < -0.4 is 0 Å². The summed E-state index contributed by atoms with van der Waals surface area (Å²) >= 11 is 0. The molecule has 0 spiro atoms. The van der Waals surface area contributed by atoms with E-state index in [4.69, 9.17) is 0 Å². The Morgan fingerprint density at radius 3 is 2.00 bits per heavy atom. The van der Waals surface area contributed by atoms with Crippen LogP contribution in [0.15, 0.2) is 48.1 Å². The normalized spacial score (nSPS) is 18.1. The number of rotatable bonds is 2. The second-order valence-electron chi connectivity index (χ2n) is 3.98. The van der Waals surface area contributed by atoms with Gasteiger partial charge in [-0.15, -0.1) is 0 Å². The highest BCUT2D eigenvalue weighted by Crippen LogP contribution is 2.15. The van der Waals surface area contributed by atoms with Crippen molar-refractivity contribution in [2.75, 3.05) is 0 Å². The van der Waals surface area contributed by atoms with Crippen molar-refractivity contribution in [1.82, 2.24) is 0 Å². The van der Waals surface area contributed by atoms with Crippen LogP contribution in [0.4, 0.5) is 0 Å². The van der Waals surface area contributed by atoms with Crippen LogP contribution >= 0.6 is 0 Å². The molecule has 0 amide bonds. The lowest BCUT2D eigenvalue weighted by Crippen LogP contribution is -1.85. The van der Waals surface area contributed by atoms with E-state index >= 15 is 0 Å². The summed E-state index contributed by atoms with van der Waals surface area (Å²) in [5, 5.41) is 0. The van der Waals surface area contributed by atoms with E-state index in [2.05, 4.69) is 49.5 Å². The zero-order valence-corrected chi connectivity index (χ0v) is 9.78. The zero-order chi connectivity index (χ0) is 10.8. The molecule has 0 N–H and O–H groups in total. The summed E-state index contributed by atoms with van der Waals surface area (Å²) in [5.74, 6) is 0. The van der Waals surface area contributed by atoms with Crippen molar-refractivity contribution in [1.29, 1.82) is 0 Å². The van der Waals surface area contributed by atoms with Gasteiger partial charge in [-0.05, 0) is 32.1 Å². The van der Waals surface area contributed by atoms with E-state index in [-0.39, 0.29) is 0 Å². The third-order valence-corrected chi connectivity index (χ3v) is 2.55. The Morgan fingerprint density at radius 2 is 1.60 bits per heavy atom. The van der Waals surface area contributed by atoms with Crippen molar-refractivity contribution in [2.45, 2.75) is 45.4 Å². The fourth-order valence-electron chi connectivity index (χ4n) is 1.72. The first-order chi connectivity index (χ1) is 7.43. The maximum Gasteiger partial charge on any atom is -0.0282 e. The minimum Gasteiger partial charge on any atom is -0.0842 e. The van der Waals surface area contributed by atoms with Gasteiger partial charge in [0.25, 0.3) is 0 Å². The van der Waals surface area contributed by atoms with Crippen LogP contribution in [0.2, 0.25) is 0 Å². The second kappa shape index (κ2) is 8.28. The van der Waals surface area contributed by atoms with Gasteiger partial charge < -0.3 is 0 Å². The Hall–Kier alpha value is -1.04. The van der Waals surface area contributed by atoms with Crippen LogP contribution in [-0.4, -0.2) is 0 Å². The van der Waals surface area contributed by atoms with Crippen LogP contribution in [-0.2, 0) is 0 Å². The third kappa shape index (κ3) is 6.11. The largest absolute Gasteiger partial charge is 0.0842 e. The molecule has 0 aromatic carbocycles. The molecule has 0 saturated heterocycles. The first-order valence-electron chi connectivity index (χ1n) is 6.09. The molecule has 0 aliphatic heterocycles. The first-order valence-corrected chi connectivity index (χ1v) is 6.09. The molecule has 0 atom stereocenters. The standard InChI is InChI=1S/C9H14.C6H8/c1-2-6-9-7-4-3-5-8-9;1-2-4-6-5-3-1/h3-4,7H,2,5-6,8H2,1H3;1-4H,5-6H2. The van der Waals surface area contributed by atoms with Crippen LogP contribution in [0.3, 0.4) is 0 Å². The zero-order valence-electron chi connectivity index (χ0n) is 9.78. The third-order valence-electron chi connectivity index (χ3n) is 2.55. The van der Waals surface area contributed by atoms with Gasteiger partial charge in [0.05, 0.1) is 0 Å². The number of hydrogen-bond donors (Lipinski definition) is 0. The number of hydrogen-bond acceptors (Lipinski definition) is 0. The molecule has 0 nitrogen and oxygen atoms in total. The summed E-state index contributed by atoms with van der Waals surface area (Å²) in [5.41, 5.74) is 1.63. The van der Waals surface area contributed by atoms with Gasteiger partial charge in [-0.25, -0.2) is 0 Å². The fraction of sp³-hybridized carbons (Fsp3) is 0.467. The lowest BCUT2D eigenvalue weighted by atomic mass is 10.0. The Bertz CT molecular complexity index is 252. The highest BCUT2D eigenvalue weighted by molar-refractivity contribution is 5.17. The minimum absolute atomic E-state index is 1.23. The molecule has 82 valence electrons. The topological polar surface area (TPSA) is 0 Å². The smallest absolute Gasteiger partial charge is 0.0282 e. The minimum atomic E-state index is 1.23. The first kappa shape index (κ1) is 12.0. The molecule has 0 heterocycles. The molecular weight excluding hydrogens is 180 g/mol. The molecule has 0 radical (unpaired) electrons. The van der Waals surface area contributed by atoms with Crippen molar-refractivity contribution in [2.24, 2.45) is 0 Å². The molecule has 15 heavy (non-hydrogen) atoms. The number of allylic oxidation sites excluding steroid dienone is 8. The van der Waals surface area contributed by atoms with Crippen molar-refractivity contribution < 1.29 is 0 Å². The highest BCUT2D eigenvalue weighted by atomic mass is 14.0. The van der Waals surface area contributed by atoms with Crippen molar-refractivity contribution in [3.05, 3.63) is 48.1 Å². The Kier molecular flexibility index (Phi) is 6.64. The van der Waals surface area contributed by atoms with E-state index in [9.17, 15) is 0 Å². The second-order valence-corrected chi connectivity index (χ2v) is 3.98. The van der Waals surface area contributed by atoms with Crippen LogP contribution in [0, 0.1) is 0 Å². The molecule has 0 aromatic heterocycles. The lowest BCUT2D eigenvalue weighted by Gasteiger charge is -2.05. The Labute approximate surface area is 94.1 Å². The van der Waals surface area contributed by atoms with Crippen LogP contribution in [0.25, 0.3) is 0 Å². The van der Waals surface area contributed by atoms with E-state index in [1.54, 1.807) is 5.57 Å². The molecular formula is C15H22. The van der Waals surface area contributed by atoms with E-state index < -0.39 is 0 Å². The molecule has 0 bridgehead atoms. The summed E-state index contributed by atoms with van der Waals surface area (Å²) in [6.45, 7) is 2.24. The Morgan fingerprint density at radius 1 is 0.933 bits per heavy atom. The molecule has 2 rings (SSSR count). The molecule has 0 unspecified atom stereocenters. The maximum absolute atomic E-state index is 2.26. The van der Waals surface area contributed by atoms with Crippen molar-refractivity contribution >= 4 is 0 Å². The lowest BCUT2D eigenvalue weighted by molar-refractivity contribution is 0.821. The van der Waals surface area contributed by atoms with E-state index in [1.165, 1.54) is 38.5 Å². The molecule has 0 fully saturated rings. The maximum atomic E-state index is 2.26. The summed E-state index contributed by atoms with van der Waals surface area (Å²) < 4.78 is 0. The summed E-state index contributed by atoms with van der Waals surface area (Å²) in [6, 6.07) is 0. The predicted molar refractivity (Wildman–Crippen MR) is 68.9 cm³/mol. The van der Waals surface area contributed by atoms with Gasteiger partial charge in [-0.2, -0.15) is 0 Å². The van der Waals surface area contributed by atoms with Crippen LogP contribution in [0.5, 0.6) is 0 Å². The summed E-state index contributed by atoms with van der Waals surface area (Å²) in [4.78, 5) is 0. The van der Waals surface area contributed by atoms with Gasteiger partial charge in [0, 0.05) is 0 Å². The van der Waals surface area contributed by atoms with Crippen molar-refractivity contribution in [3.8, 4) is 0 Å². The van der Waals surface area contributed by atoms with Gasteiger partial charge in [0.2, 0.25) is 0 Å². The SMILES string of the molecule is C1=CCCC=C1.CCCC1=CC=CCC1. The van der Waals surface area contributed by atoms with E-state index in [0.29, 0.717) is 0 Å². The summed E-state index contributed by atoms with van der Waals surface area (Å²) in [7, 11) is 0. The van der Waals surface area contributed by atoms with Gasteiger partial charge >= 0.3 is 0 Å². The predicted octanol–water partition coefficient (Wildman–Crippen LogP) is 4.96. The van der Waals surface area contributed by atoms with Crippen molar-refractivity contribution in [3.63, 3.8) is 0 Å². The molecule has 0 aromatic rings. The van der Waals surface area contributed by atoms with E-state index in [1.807, 2.05) is 0 Å². The molecule has 0 heteroatoms. The molecule has 0 saturated carbocycles. The Balaban J connectivity index is 0.000000162. The quantitative estimate of drug-likeness (QED) is 0.594. The molecule has 2 aliphatic carbocycles. The summed E-state index contributed by atoms with van der Waals surface area (Å²) in [6.07, 6.45) is 22.8. The average molecular weight is 202 g/mol. The molecule has 2 aliphatic rings. The van der Waals surface area contributed by atoms with Gasteiger partial charge in [-0.3, -0.25) is 0 Å². The van der Waals surface area contributed by atoms with Crippen LogP contribution in [0.1, 0.15) is 45.4 Å². The van der Waals surface area contributed by atoms with Gasteiger partial charge in [0.1, 0.15) is 0 Å². The van der Waals surface area contributed by atoms with Gasteiger partial charge in [0.15, 0.2) is 0 Å². The average Bonchev–Trinajstić information content (AvgIpc) is 2.34. The fourth-order valence-corrected chi connectivity index (χ4v) is 1.72. The highest BCUT2D eigenvalue weighted by Gasteiger charge is 1.95. The monoisotopic (exact) mass is 202 g/mol. The van der Waals surface area contributed by atoms with Gasteiger partial charge in [-0.1, -0.05) is 61.4 Å². The van der Waals surface area contributed by atoms with E-state index in [0.717, 1.165) is 0 Å².